The van der Waals surface area contributed by atoms with Crippen molar-refractivity contribution in [3.8, 4) is 22.8 Å². The van der Waals surface area contributed by atoms with Crippen LogP contribution in [-0.4, -0.2) is 27.6 Å². The van der Waals surface area contributed by atoms with E-state index < -0.39 is 0 Å². The SMILES string of the molecule is COC(=O)c1ccc2c(c1)nc(-c1cccc3nc(-c4ccccc4)oc13)n2CCC1=CCCCC1. The van der Waals surface area contributed by atoms with E-state index >= 15 is 0 Å². The number of carbonyl (C=O) groups excluding carboxylic acids is 1. The fourth-order valence-electron chi connectivity index (χ4n) is 5.02. The molecule has 0 fully saturated rings. The van der Waals surface area contributed by atoms with Crippen molar-refractivity contribution in [2.75, 3.05) is 7.11 Å². The summed E-state index contributed by atoms with van der Waals surface area (Å²) in [6.45, 7) is 0.797. The molecule has 36 heavy (non-hydrogen) atoms. The molecule has 6 nitrogen and oxygen atoms in total. The Hall–Kier alpha value is -4.19. The van der Waals surface area contributed by atoms with E-state index in [1.165, 1.54) is 25.5 Å². The molecule has 0 saturated carbocycles. The molecule has 0 saturated heterocycles. The lowest BCUT2D eigenvalue weighted by atomic mass is 9.97. The number of fused-ring (bicyclic) bond motifs is 2. The summed E-state index contributed by atoms with van der Waals surface area (Å²) in [6, 6.07) is 21.5. The third kappa shape index (κ3) is 4.09. The number of ether oxygens (including phenoxy) is 1. The van der Waals surface area contributed by atoms with Crippen molar-refractivity contribution in [1.82, 2.24) is 14.5 Å². The number of esters is 1. The summed E-state index contributed by atoms with van der Waals surface area (Å²) in [6.07, 6.45) is 8.21. The van der Waals surface area contributed by atoms with E-state index in [1.54, 1.807) is 12.1 Å². The lowest BCUT2D eigenvalue weighted by molar-refractivity contribution is 0.0601. The van der Waals surface area contributed by atoms with Crippen LogP contribution < -0.4 is 0 Å². The highest BCUT2D eigenvalue weighted by Gasteiger charge is 2.20. The Kier molecular flexibility index (Phi) is 5.85. The molecule has 1 aliphatic carbocycles. The van der Waals surface area contributed by atoms with Crippen molar-refractivity contribution in [3.63, 3.8) is 0 Å². The van der Waals surface area contributed by atoms with E-state index in [1.807, 2.05) is 54.6 Å². The van der Waals surface area contributed by atoms with Gasteiger partial charge in [0.05, 0.1) is 29.3 Å². The number of rotatable bonds is 6. The highest BCUT2D eigenvalue weighted by Crippen LogP contribution is 2.34. The molecule has 2 aromatic heterocycles. The third-order valence-corrected chi connectivity index (χ3v) is 6.89. The predicted molar refractivity (Wildman–Crippen MR) is 141 cm³/mol. The maximum Gasteiger partial charge on any atom is 0.337 e. The molecule has 1 aliphatic rings. The Bertz CT molecular complexity index is 1590. The Morgan fingerprint density at radius 2 is 1.89 bits per heavy atom. The van der Waals surface area contributed by atoms with Gasteiger partial charge in [0.2, 0.25) is 5.89 Å². The summed E-state index contributed by atoms with van der Waals surface area (Å²) in [4.78, 5) is 21.9. The first-order valence-corrected chi connectivity index (χ1v) is 12.4. The van der Waals surface area contributed by atoms with Crippen molar-refractivity contribution < 1.29 is 13.9 Å². The Morgan fingerprint density at radius 1 is 1.00 bits per heavy atom. The van der Waals surface area contributed by atoms with Crippen molar-refractivity contribution in [2.45, 2.75) is 38.6 Å². The van der Waals surface area contributed by atoms with Crippen LogP contribution in [0.3, 0.4) is 0 Å². The van der Waals surface area contributed by atoms with Crippen molar-refractivity contribution in [2.24, 2.45) is 0 Å². The van der Waals surface area contributed by atoms with E-state index in [9.17, 15) is 4.79 Å². The summed E-state index contributed by atoms with van der Waals surface area (Å²) < 4.78 is 13.5. The van der Waals surface area contributed by atoms with Crippen LogP contribution in [0, 0.1) is 0 Å². The van der Waals surface area contributed by atoms with Crippen molar-refractivity contribution in [1.29, 1.82) is 0 Å². The molecule has 6 heteroatoms. The number of aromatic nitrogens is 3. The zero-order chi connectivity index (χ0) is 24.5. The summed E-state index contributed by atoms with van der Waals surface area (Å²) in [7, 11) is 1.39. The Labute approximate surface area is 209 Å². The number of para-hydroxylation sites is 1. The molecule has 5 aromatic rings. The van der Waals surface area contributed by atoms with Gasteiger partial charge in [0.1, 0.15) is 11.3 Å². The van der Waals surface area contributed by atoms with Crippen LogP contribution in [0.5, 0.6) is 0 Å². The molecule has 0 spiro atoms. The second-order valence-electron chi connectivity index (χ2n) is 9.18. The third-order valence-electron chi connectivity index (χ3n) is 6.89. The first-order valence-electron chi connectivity index (χ1n) is 12.4. The van der Waals surface area contributed by atoms with Crippen LogP contribution >= 0.6 is 0 Å². The number of imidazole rings is 1. The predicted octanol–water partition coefficient (Wildman–Crippen LogP) is 7.19. The molecular formula is C30H27N3O3. The smallest absolute Gasteiger partial charge is 0.337 e. The molecular weight excluding hydrogens is 450 g/mol. The normalized spacial score (nSPS) is 13.8. The molecule has 2 heterocycles. The number of nitrogens with zero attached hydrogens (tertiary/aromatic N) is 3. The highest BCUT2D eigenvalue weighted by atomic mass is 16.5. The van der Waals surface area contributed by atoms with Gasteiger partial charge in [-0.15, -0.1) is 0 Å². The molecule has 0 unspecified atom stereocenters. The highest BCUT2D eigenvalue weighted by molar-refractivity contribution is 5.96. The molecule has 0 aliphatic heterocycles. The number of aryl methyl sites for hydroxylation is 1. The van der Waals surface area contributed by atoms with Gasteiger partial charge in [0, 0.05) is 12.1 Å². The number of allylic oxidation sites excluding steroid dienone is 2. The van der Waals surface area contributed by atoms with Gasteiger partial charge in [-0.1, -0.05) is 35.9 Å². The topological polar surface area (TPSA) is 70.2 Å². The summed E-state index contributed by atoms with van der Waals surface area (Å²) in [5.41, 5.74) is 7.04. The van der Waals surface area contributed by atoms with Gasteiger partial charge in [0.15, 0.2) is 5.58 Å². The van der Waals surface area contributed by atoms with Crippen LogP contribution in [0.15, 0.2) is 82.8 Å². The molecule has 0 bridgehead atoms. The van der Waals surface area contributed by atoms with Crippen molar-refractivity contribution in [3.05, 3.63) is 83.9 Å². The van der Waals surface area contributed by atoms with Crippen LogP contribution in [-0.2, 0) is 11.3 Å². The lowest BCUT2D eigenvalue weighted by Gasteiger charge is -2.15. The standard InChI is InChI=1S/C30H27N3O3/c1-35-30(34)22-15-16-26-25(19-22)31-28(33(26)18-17-20-9-4-2-5-10-20)23-13-8-14-24-27(23)36-29(32-24)21-11-6-3-7-12-21/h3,6-9,11-16,19H,2,4-5,10,17-18H2,1H3. The lowest BCUT2D eigenvalue weighted by Crippen LogP contribution is -2.04. The number of carbonyl (C=O) groups is 1. The monoisotopic (exact) mass is 477 g/mol. The Morgan fingerprint density at radius 3 is 2.69 bits per heavy atom. The summed E-state index contributed by atoms with van der Waals surface area (Å²) >= 11 is 0. The number of hydrogen-bond acceptors (Lipinski definition) is 5. The average molecular weight is 478 g/mol. The minimum absolute atomic E-state index is 0.370. The zero-order valence-electron chi connectivity index (χ0n) is 20.2. The molecule has 0 radical (unpaired) electrons. The molecule has 6 rings (SSSR count). The van der Waals surface area contributed by atoms with Gasteiger partial charge in [-0.3, -0.25) is 0 Å². The molecule has 180 valence electrons. The van der Waals surface area contributed by atoms with Crippen LogP contribution in [0.1, 0.15) is 42.5 Å². The number of methoxy groups -OCH3 is 1. The minimum atomic E-state index is -0.370. The average Bonchev–Trinajstić information content (AvgIpc) is 3.54. The largest absolute Gasteiger partial charge is 0.465 e. The van der Waals surface area contributed by atoms with Gasteiger partial charge >= 0.3 is 5.97 Å². The van der Waals surface area contributed by atoms with Gasteiger partial charge < -0.3 is 13.7 Å². The van der Waals surface area contributed by atoms with Gasteiger partial charge in [-0.2, -0.15) is 0 Å². The molecule has 0 atom stereocenters. The maximum atomic E-state index is 12.2. The van der Waals surface area contributed by atoms with Gasteiger partial charge in [0.25, 0.3) is 0 Å². The van der Waals surface area contributed by atoms with E-state index in [0.29, 0.717) is 17.0 Å². The summed E-state index contributed by atoms with van der Waals surface area (Å²) in [5, 5.41) is 0. The van der Waals surface area contributed by atoms with Gasteiger partial charge in [-0.25, -0.2) is 14.8 Å². The molecule has 3 aromatic carbocycles. The first-order chi connectivity index (χ1) is 17.7. The van der Waals surface area contributed by atoms with E-state index in [4.69, 9.17) is 19.1 Å². The molecule has 0 N–H and O–H groups in total. The molecule has 0 amide bonds. The van der Waals surface area contributed by atoms with E-state index in [2.05, 4.69) is 10.6 Å². The maximum absolute atomic E-state index is 12.2. The Balaban J connectivity index is 1.49. The van der Waals surface area contributed by atoms with E-state index in [-0.39, 0.29) is 5.97 Å². The van der Waals surface area contributed by atoms with Gasteiger partial charge in [-0.05, 0) is 74.6 Å². The number of oxazole rings is 1. The first kappa shape index (κ1) is 22.3. The quantitative estimate of drug-likeness (QED) is 0.191. The summed E-state index contributed by atoms with van der Waals surface area (Å²) in [5.74, 6) is 1.02. The zero-order valence-corrected chi connectivity index (χ0v) is 20.2. The van der Waals surface area contributed by atoms with E-state index in [0.717, 1.165) is 59.3 Å². The second-order valence-corrected chi connectivity index (χ2v) is 9.18. The fraction of sp³-hybridized carbons (Fsp3) is 0.233. The minimum Gasteiger partial charge on any atom is -0.465 e. The van der Waals surface area contributed by atoms with Crippen LogP contribution in [0.4, 0.5) is 0 Å². The van der Waals surface area contributed by atoms with Crippen LogP contribution in [0.2, 0.25) is 0 Å². The van der Waals surface area contributed by atoms with Crippen LogP contribution in [0.25, 0.3) is 45.0 Å². The number of benzene rings is 3. The fourth-order valence-corrected chi connectivity index (χ4v) is 5.02. The second kappa shape index (κ2) is 9.46. The van der Waals surface area contributed by atoms with Crippen molar-refractivity contribution >= 4 is 28.1 Å². The number of hydrogen-bond donors (Lipinski definition) is 0.